The van der Waals surface area contributed by atoms with Gasteiger partial charge in [-0.1, -0.05) is 59.9 Å². The largest absolute Gasteiger partial charge is 0.459 e. The van der Waals surface area contributed by atoms with Gasteiger partial charge in [-0.2, -0.15) is 0 Å². The Hall–Kier alpha value is -2.50. The summed E-state index contributed by atoms with van der Waals surface area (Å²) in [5, 5.41) is 0. The molecule has 4 aliphatic carbocycles. The third kappa shape index (κ3) is 6.84. The first kappa shape index (κ1) is 32.9. The highest BCUT2D eigenvalue weighted by molar-refractivity contribution is 5.91. The van der Waals surface area contributed by atoms with E-state index in [0.717, 1.165) is 60.8 Å². The van der Waals surface area contributed by atoms with Crippen LogP contribution in [0.4, 0.5) is 11.4 Å². The van der Waals surface area contributed by atoms with E-state index in [1.165, 1.54) is 63.9 Å². The zero-order valence-electron chi connectivity index (χ0n) is 28.0. The lowest BCUT2D eigenvalue weighted by molar-refractivity contribution is -0.158. The normalized spacial score (nSPS) is 35.5. The van der Waals surface area contributed by atoms with Gasteiger partial charge in [0.15, 0.2) is 0 Å². The summed E-state index contributed by atoms with van der Waals surface area (Å²) >= 11 is 0. The predicted molar refractivity (Wildman–Crippen MR) is 177 cm³/mol. The fraction of sp³-hybridized carbons (Fsp3) is 0.737. The van der Waals surface area contributed by atoms with Crippen LogP contribution < -0.4 is 11.5 Å². The van der Waals surface area contributed by atoms with Crippen molar-refractivity contribution in [3.05, 3.63) is 35.9 Å². The number of carbonyl (C=O) groups excluding carboxylic acids is 2. The van der Waals surface area contributed by atoms with Crippen LogP contribution in [-0.2, 0) is 25.7 Å². The van der Waals surface area contributed by atoms with Gasteiger partial charge in [0.05, 0.1) is 0 Å². The lowest BCUT2D eigenvalue weighted by atomic mass is 9.44. The molecule has 0 spiro atoms. The number of fused-ring (bicyclic) bond motifs is 5. The molecule has 0 aromatic heterocycles. The molecular weight excluding hydrogens is 548 g/mol. The highest BCUT2D eigenvalue weighted by Crippen LogP contribution is 2.68. The molecule has 244 valence electrons. The minimum Gasteiger partial charge on any atom is -0.459 e. The van der Waals surface area contributed by atoms with Crippen molar-refractivity contribution in [1.29, 1.82) is 0 Å². The number of rotatable bonds is 10. The van der Waals surface area contributed by atoms with Crippen LogP contribution in [0.25, 0.3) is 0 Å². The van der Waals surface area contributed by atoms with E-state index < -0.39 is 11.9 Å². The SMILES string of the molecule is CC(C)CCCC(C)C1CCC2C3CCC4CC(OC(=O)C=CC(=O)OCc5ccc(N)cc5N)CCC4(C)C3CCC12C. The summed E-state index contributed by atoms with van der Waals surface area (Å²) in [6, 6.07) is 5.07. The number of hydrogen-bond donors (Lipinski definition) is 2. The number of anilines is 2. The average molecular weight is 607 g/mol. The fourth-order valence-corrected chi connectivity index (χ4v) is 10.6. The Labute approximate surface area is 266 Å². The lowest BCUT2D eigenvalue weighted by Crippen LogP contribution is -2.54. The Bertz CT molecular complexity index is 1210. The second-order valence-corrected chi connectivity index (χ2v) is 15.9. The molecule has 4 saturated carbocycles. The summed E-state index contributed by atoms with van der Waals surface area (Å²) in [4.78, 5) is 24.8. The van der Waals surface area contributed by atoms with Crippen molar-refractivity contribution < 1.29 is 19.1 Å². The Morgan fingerprint density at radius 3 is 2.39 bits per heavy atom. The van der Waals surface area contributed by atoms with Gasteiger partial charge in [-0.15, -0.1) is 0 Å². The van der Waals surface area contributed by atoms with Crippen LogP contribution in [0.5, 0.6) is 0 Å². The van der Waals surface area contributed by atoms with Crippen LogP contribution >= 0.6 is 0 Å². The number of carbonyl (C=O) groups is 2. The molecule has 0 saturated heterocycles. The van der Waals surface area contributed by atoms with Gasteiger partial charge in [0.25, 0.3) is 0 Å². The molecule has 4 N–H and O–H groups in total. The molecule has 1 aromatic carbocycles. The van der Waals surface area contributed by atoms with Gasteiger partial charge >= 0.3 is 11.9 Å². The van der Waals surface area contributed by atoms with E-state index in [0.29, 0.717) is 33.7 Å². The van der Waals surface area contributed by atoms with Crippen molar-refractivity contribution in [1.82, 2.24) is 0 Å². The van der Waals surface area contributed by atoms with Gasteiger partial charge in [-0.25, -0.2) is 9.59 Å². The molecule has 5 rings (SSSR count). The van der Waals surface area contributed by atoms with Crippen LogP contribution in [0.1, 0.15) is 117 Å². The zero-order chi connectivity index (χ0) is 31.6. The van der Waals surface area contributed by atoms with Gasteiger partial charge in [0, 0.05) is 29.1 Å². The maximum Gasteiger partial charge on any atom is 0.331 e. The number of nitrogens with two attached hydrogens (primary N) is 2. The van der Waals surface area contributed by atoms with Gasteiger partial charge in [-0.05, 0) is 122 Å². The molecule has 0 amide bonds. The molecule has 9 unspecified atom stereocenters. The summed E-state index contributed by atoms with van der Waals surface area (Å²) in [6.07, 6.45) is 17.6. The summed E-state index contributed by atoms with van der Waals surface area (Å²) in [6.45, 7) is 12.5. The molecule has 1 aromatic rings. The van der Waals surface area contributed by atoms with Crippen molar-refractivity contribution in [3.8, 4) is 0 Å². The Morgan fingerprint density at radius 1 is 0.909 bits per heavy atom. The summed E-state index contributed by atoms with van der Waals surface area (Å²) < 4.78 is 11.1. The van der Waals surface area contributed by atoms with Crippen molar-refractivity contribution in [2.45, 2.75) is 124 Å². The molecule has 0 heterocycles. The van der Waals surface area contributed by atoms with Crippen molar-refractivity contribution in [2.24, 2.45) is 52.3 Å². The van der Waals surface area contributed by atoms with E-state index in [9.17, 15) is 9.59 Å². The minimum absolute atomic E-state index is 0.0212. The van der Waals surface area contributed by atoms with Crippen molar-refractivity contribution in [2.75, 3.05) is 11.5 Å². The molecule has 0 bridgehead atoms. The fourth-order valence-electron chi connectivity index (χ4n) is 10.6. The van der Waals surface area contributed by atoms with Crippen LogP contribution in [0.3, 0.4) is 0 Å². The highest BCUT2D eigenvalue weighted by Gasteiger charge is 2.60. The third-order valence-electron chi connectivity index (χ3n) is 13.0. The van der Waals surface area contributed by atoms with Gasteiger partial charge < -0.3 is 20.9 Å². The molecule has 0 radical (unpaired) electrons. The average Bonchev–Trinajstić information content (AvgIpc) is 3.33. The quantitative estimate of drug-likeness (QED) is 0.157. The Kier molecular flexibility index (Phi) is 10.1. The monoisotopic (exact) mass is 606 g/mol. The van der Waals surface area contributed by atoms with Crippen LogP contribution in [0.2, 0.25) is 0 Å². The third-order valence-corrected chi connectivity index (χ3v) is 13.0. The first-order valence-corrected chi connectivity index (χ1v) is 17.6. The molecule has 4 aliphatic rings. The summed E-state index contributed by atoms with van der Waals surface area (Å²) in [5.74, 6) is 4.62. The maximum absolute atomic E-state index is 12.6. The lowest BCUT2D eigenvalue weighted by Gasteiger charge is -2.61. The number of esters is 2. The van der Waals surface area contributed by atoms with E-state index in [2.05, 4.69) is 34.6 Å². The second-order valence-electron chi connectivity index (χ2n) is 15.9. The first-order chi connectivity index (χ1) is 20.9. The number of benzene rings is 1. The van der Waals surface area contributed by atoms with Gasteiger partial charge in [0.2, 0.25) is 0 Å². The van der Waals surface area contributed by atoms with Crippen molar-refractivity contribution in [3.63, 3.8) is 0 Å². The second kappa shape index (κ2) is 13.5. The number of nitrogen functional groups attached to an aromatic ring is 2. The van der Waals surface area contributed by atoms with Gasteiger partial charge in [-0.3, -0.25) is 0 Å². The van der Waals surface area contributed by atoms with Crippen molar-refractivity contribution >= 4 is 23.3 Å². The van der Waals surface area contributed by atoms with Crippen LogP contribution in [-0.4, -0.2) is 18.0 Å². The Morgan fingerprint density at radius 2 is 1.64 bits per heavy atom. The summed E-state index contributed by atoms with van der Waals surface area (Å²) in [7, 11) is 0. The summed E-state index contributed by atoms with van der Waals surface area (Å²) in [5.41, 5.74) is 14.2. The number of ether oxygens (including phenoxy) is 2. The van der Waals surface area contributed by atoms with E-state index in [1.54, 1.807) is 18.2 Å². The maximum atomic E-state index is 12.6. The minimum atomic E-state index is -0.601. The molecule has 0 aliphatic heterocycles. The smallest absolute Gasteiger partial charge is 0.331 e. The number of hydrogen-bond acceptors (Lipinski definition) is 6. The molecule has 6 heteroatoms. The van der Waals surface area contributed by atoms with E-state index in [4.69, 9.17) is 20.9 Å². The molecular formula is C38H58N2O4. The molecule has 9 atom stereocenters. The first-order valence-electron chi connectivity index (χ1n) is 17.6. The Balaban J connectivity index is 1.12. The van der Waals surface area contributed by atoms with Crippen LogP contribution in [0.15, 0.2) is 30.4 Å². The standard InChI is InChI=1S/C38H58N2O4/c1-24(2)7-6-8-25(3)31-13-14-32-30-12-10-27-21-29(17-19-37(27,4)33(30)18-20-38(31,32)5)44-36(42)16-15-35(41)43-23-26-9-11-28(39)22-34(26)40/h9,11,15-16,22,24-25,27,29-33H,6-8,10,12-14,17-21,23,39-40H2,1-5H3. The topological polar surface area (TPSA) is 105 Å². The predicted octanol–water partition coefficient (Wildman–Crippen LogP) is 8.48. The van der Waals surface area contributed by atoms with Gasteiger partial charge in [0.1, 0.15) is 12.7 Å². The highest BCUT2D eigenvalue weighted by atomic mass is 16.5. The zero-order valence-corrected chi connectivity index (χ0v) is 28.0. The van der Waals surface area contributed by atoms with E-state index >= 15 is 0 Å². The van der Waals surface area contributed by atoms with E-state index in [-0.39, 0.29) is 12.7 Å². The molecule has 4 fully saturated rings. The van der Waals surface area contributed by atoms with Crippen LogP contribution in [0, 0.1) is 52.3 Å². The molecule has 6 nitrogen and oxygen atoms in total. The van der Waals surface area contributed by atoms with E-state index in [1.807, 2.05) is 0 Å². The molecule has 44 heavy (non-hydrogen) atoms.